The highest BCUT2D eigenvalue weighted by Gasteiger charge is 2.45. The Morgan fingerprint density at radius 3 is 2.58 bits per heavy atom. The van der Waals surface area contributed by atoms with Crippen LogP contribution in [-0.2, 0) is 10.2 Å². The zero-order valence-corrected chi connectivity index (χ0v) is 17.0. The lowest BCUT2D eigenvalue weighted by Crippen LogP contribution is -2.46. The number of nitrogens with zero attached hydrogens (tertiary/aromatic N) is 3. The fourth-order valence-corrected chi connectivity index (χ4v) is 3.91. The monoisotopic (exact) mass is 442 g/mol. The smallest absolute Gasteiger partial charge is 0.241 e. The van der Waals surface area contributed by atoms with Crippen molar-refractivity contribution in [2.75, 3.05) is 39.1 Å². The summed E-state index contributed by atoms with van der Waals surface area (Å²) in [4.78, 5) is 20.1. The molecule has 1 aliphatic carbocycles. The molecule has 1 heterocycles. The van der Waals surface area contributed by atoms with Gasteiger partial charge in [-0.2, -0.15) is 0 Å². The van der Waals surface area contributed by atoms with Crippen LogP contribution in [0.1, 0.15) is 31.2 Å². The molecule has 0 saturated heterocycles. The number of fused-ring (bicyclic) bond motifs is 2. The predicted molar refractivity (Wildman–Crippen MR) is 109 cm³/mol. The molecule has 0 atom stereocenters. The van der Waals surface area contributed by atoms with E-state index in [4.69, 9.17) is 0 Å². The second kappa shape index (κ2) is 7.72. The van der Waals surface area contributed by atoms with Gasteiger partial charge in [0.15, 0.2) is 5.96 Å². The Balaban J connectivity index is 0.00000208. The number of aliphatic imine (C=N–C) groups is 1. The van der Waals surface area contributed by atoms with E-state index in [1.807, 2.05) is 0 Å². The molecular formula is C18H27IN4O. The van der Waals surface area contributed by atoms with Crippen LogP contribution in [0.15, 0.2) is 29.3 Å². The van der Waals surface area contributed by atoms with Gasteiger partial charge < -0.3 is 15.1 Å². The zero-order chi connectivity index (χ0) is 16.4. The molecule has 3 rings (SSSR count). The zero-order valence-electron chi connectivity index (χ0n) is 14.7. The van der Waals surface area contributed by atoms with Gasteiger partial charge in [0.1, 0.15) is 0 Å². The maximum absolute atomic E-state index is 11.9. The third kappa shape index (κ3) is 3.38. The van der Waals surface area contributed by atoms with Crippen molar-refractivity contribution in [2.45, 2.75) is 31.1 Å². The number of halogens is 1. The highest BCUT2D eigenvalue weighted by molar-refractivity contribution is 14.0. The van der Waals surface area contributed by atoms with Gasteiger partial charge in [-0.1, -0.05) is 31.0 Å². The number of carbonyl (C=O) groups excluding carboxylic acids is 1. The molecule has 1 aromatic rings. The first-order valence-electron chi connectivity index (χ1n) is 8.35. The molecule has 5 nitrogen and oxygen atoms in total. The molecule has 24 heavy (non-hydrogen) atoms. The average molecular weight is 442 g/mol. The number of hydrogen-bond acceptors (Lipinski definition) is 2. The van der Waals surface area contributed by atoms with Gasteiger partial charge in [-0.25, -0.2) is 0 Å². The standard InChI is InChI=1S/C18H26N4O.HI/c1-19-17(20-12-16(23)21(2)3)22-13-18(10-6-7-11-18)14-8-4-5-9-15(14)22;/h4-5,8-9H,6-7,10-13H2,1-3H3,(H,19,20);1H. The van der Waals surface area contributed by atoms with E-state index in [-0.39, 0.29) is 41.8 Å². The number of guanidine groups is 1. The van der Waals surface area contributed by atoms with Gasteiger partial charge in [-0.15, -0.1) is 24.0 Å². The van der Waals surface area contributed by atoms with Crippen LogP contribution in [0, 0.1) is 0 Å². The lowest BCUT2D eigenvalue weighted by atomic mass is 9.81. The molecule has 1 N–H and O–H groups in total. The van der Waals surface area contributed by atoms with Crippen molar-refractivity contribution in [3.63, 3.8) is 0 Å². The van der Waals surface area contributed by atoms with Crippen molar-refractivity contribution < 1.29 is 4.79 Å². The summed E-state index contributed by atoms with van der Waals surface area (Å²) < 4.78 is 0. The van der Waals surface area contributed by atoms with Crippen molar-refractivity contribution >= 4 is 41.5 Å². The predicted octanol–water partition coefficient (Wildman–Crippen LogP) is 2.60. The third-order valence-corrected chi connectivity index (χ3v) is 5.15. The molecule has 0 aromatic heterocycles. The molecule has 1 aromatic carbocycles. The molecule has 1 spiro atoms. The molecule has 1 fully saturated rings. The molecule has 0 bridgehead atoms. The van der Waals surface area contributed by atoms with E-state index in [0.717, 1.165) is 12.5 Å². The van der Waals surface area contributed by atoms with E-state index in [1.54, 1.807) is 26.0 Å². The molecule has 1 saturated carbocycles. The minimum atomic E-state index is 0. The lowest BCUT2D eigenvalue weighted by Gasteiger charge is -2.26. The van der Waals surface area contributed by atoms with Crippen LogP contribution in [0.3, 0.4) is 0 Å². The molecule has 6 heteroatoms. The van der Waals surface area contributed by atoms with Crippen LogP contribution in [0.25, 0.3) is 0 Å². The molecule has 132 valence electrons. The largest absolute Gasteiger partial charge is 0.347 e. The second-order valence-electron chi connectivity index (χ2n) is 6.78. The molecule has 0 radical (unpaired) electrons. The van der Waals surface area contributed by atoms with Crippen molar-refractivity contribution in [3.05, 3.63) is 29.8 Å². The number of amides is 1. The number of para-hydroxylation sites is 1. The summed E-state index contributed by atoms with van der Waals surface area (Å²) in [5.41, 5.74) is 2.94. The number of rotatable bonds is 2. The van der Waals surface area contributed by atoms with Gasteiger partial charge in [0.2, 0.25) is 5.91 Å². The summed E-state index contributed by atoms with van der Waals surface area (Å²) in [6.07, 6.45) is 5.09. The van der Waals surface area contributed by atoms with Gasteiger partial charge in [0.05, 0.1) is 6.54 Å². The number of benzene rings is 1. The van der Waals surface area contributed by atoms with E-state index in [2.05, 4.69) is 39.5 Å². The third-order valence-electron chi connectivity index (χ3n) is 5.15. The Morgan fingerprint density at radius 2 is 1.96 bits per heavy atom. The molecule has 0 unspecified atom stereocenters. The Morgan fingerprint density at radius 1 is 1.29 bits per heavy atom. The van der Waals surface area contributed by atoms with Gasteiger partial charge in [-0.05, 0) is 24.5 Å². The summed E-state index contributed by atoms with van der Waals surface area (Å²) in [5.74, 6) is 0.839. The quantitative estimate of drug-likeness (QED) is 0.435. The van der Waals surface area contributed by atoms with Crippen molar-refractivity contribution in [2.24, 2.45) is 4.99 Å². The second-order valence-corrected chi connectivity index (χ2v) is 6.78. The minimum absolute atomic E-state index is 0. The number of likely N-dealkylation sites (N-methyl/N-ethyl adjacent to an activating group) is 1. The SMILES string of the molecule is CN=C(NCC(=O)N(C)C)N1CC2(CCCC2)c2ccccc21.I. The van der Waals surface area contributed by atoms with Gasteiger partial charge in [0.25, 0.3) is 0 Å². The minimum Gasteiger partial charge on any atom is -0.347 e. The summed E-state index contributed by atoms with van der Waals surface area (Å²) in [6.45, 7) is 1.23. The summed E-state index contributed by atoms with van der Waals surface area (Å²) >= 11 is 0. The average Bonchev–Trinajstić information content (AvgIpc) is 3.15. The first kappa shape index (κ1) is 19.0. The molecule has 2 aliphatic rings. The molecular weight excluding hydrogens is 415 g/mol. The van der Waals surface area contributed by atoms with E-state index >= 15 is 0 Å². The number of carbonyl (C=O) groups is 1. The van der Waals surface area contributed by atoms with Crippen LogP contribution in [0.4, 0.5) is 5.69 Å². The first-order valence-corrected chi connectivity index (χ1v) is 8.35. The van der Waals surface area contributed by atoms with Gasteiger partial charge >= 0.3 is 0 Å². The maximum Gasteiger partial charge on any atom is 0.241 e. The fraction of sp³-hybridized carbons (Fsp3) is 0.556. The van der Waals surface area contributed by atoms with Crippen LogP contribution in [-0.4, -0.2) is 51.0 Å². The van der Waals surface area contributed by atoms with Crippen LogP contribution >= 0.6 is 24.0 Å². The highest BCUT2D eigenvalue weighted by atomic mass is 127. The Kier molecular flexibility index (Phi) is 6.11. The Bertz CT molecular complexity index is 623. The van der Waals surface area contributed by atoms with E-state index in [1.165, 1.54) is 36.9 Å². The number of hydrogen-bond donors (Lipinski definition) is 1. The van der Waals surface area contributed by atoms with Gasteiger partial charge in [0, 0.05) is 38.8 Å². The number of anilines is 1. The highest BCUT2D eigenvalue weighted by Crippen LogP contribution is 2.50. The van der Waals surface area contributed by atoms with Gasteiger partial charge in [-0.3, -0.25) is 9.79 Å². The van der Waals surface area contributed by atoms with Crippen molar-refractivity contribution in [3.8, 4) is 0 Å². The summed E-state index contributed by atoms with van der Waals surface area (Å²) in [5, 5.41) is 3.22. The maximum atomic E-state index is 11.9. The topological polar surface area (TPSA) is 47.9 Å². The summed E-state index contributed by atoms with van der Waals surface area (Å²) in [6, 6.07) is 8.65. The van der Waals surface area contributed by atoms with E-state index in [0.29, 0.717) is 0 Å². The Hall–Kier alpha value is -1.31. The van der Waals surface area contributed by atoms with E-state index in [9.17, 15) is 4.79 Å². The van der Waals surface area contributed by atoms with Crippen LogP contribution in [0.2, 0.25) is 0 Å². The fourth-order valence-electron chi connectivity index (χ4n) is 3.91. The number of nitrogens with one attached hydrogen (secondary N) is 1. The molecule has 1 aliphatic heterocycles. The Labute approximate surface area is 161 Å². The first-order chi connectivity index (χ1) is 11.1. The lowest BCUT2D eigenvalue weighted by molar-refractivity contribution is -0.127. The van der Waals surface area contributed by atoms with Crippen LogP contribution in [0.5, 0.6) is 0 Å². The molecule has 1 amide bonds. The normalized spacial score (nSPS) is 18.3. The van der Waals surface area contributed by atoms with Crippen molar-refractivity contribution in [1.29, 1.82) is 0 Å². The van der Waals surface area contributed by atoms with Crippen molar-refractivity contribution in [1.82, 2.24) is 10.2 Å². The summed E-state index contributed by atoms with van der Waals surface area (Å²) in [7, 11) is 5.32. The van der Waals surface area contributed by atoms with E-state index < -0.39 is 0 Å². The van der Waals surface area contributed by atoms with Crippen LogP contribution < -0.4 is 10.2 Å².